The van der Waals surface area contributed by atoms with Crippen molar-refractivity contribution in [3.63, 3.8) is 0 Å². The SMILES string of the molecule is COc1cc(C(=O)O)c(F)cc1NS(=O)(=O)c1csc(-c2ccc([C@H]3CC[C@@H](C)CC3)c(F)c2C)n1. The molecule has 1 aliphatic rings. The first-order valence-corrected chi connectivity index (χ1v) is 13.8. The quantitative estimate of drug-likeness (QED) is 0.373. The van der Waals surface area contributed by atoms with E-state index in [2.05, 4.69) is 16.6 Å². The number of carbonyl (C=O) groups is 1. The summed E-state index contributed by atoms with van der Waals surface area (Å²) in [5.41, 5.74) is 0.664. The van der Waals surface area contributed by atoms with Gasteiger partial charge in [-0.25, -0.2) is 18.6 Å². The standard InChI is InChI=1S/C25H26F2N2O5S2/c1-13-4-6-15(7-5-13)17-9-8-16(14(2)23(17)27)24-28-22(12-35-24)36(32,33)29-20-11-19(26)18(25(30)31)10-21(20)34-3/h8-13,15,29H,4-7H2,1-3H3,(H,30,31)/t13-,15+. The zero-order valence-corrected chi connectivity index (χ0v) is 21.6. The lowest BCUT2D eigenvalue weighted by atomic mass is 9.78. The van der Waals surface area contributed by atoms with Crippen molar-refractivity contribution in [3.05, 3.63) is 58.0 Å². The Morgan fingerprint density at radius 3 is 2.53 bits per heavy atom. The molecule has 0 amide bonds. The zero-order valence-electron chi connectivity index (χ0n) is 20.0. The van der Waals surface area contributed by atoms with Gasteiger partial charge in [-0.05, 0) is 48.8 Å². The van der Waals surface area contributed by atoms with Gasteiger partial charge in [-0.1, -0.05) is 31.9 Å². The second kappa shape index (κ2) is 10.1. The monoisotopic (exact) mass is 536 g/mol. The molecular weight excluding hydrogens is 510 g/mol. The van der Waals surface area contributed by atoms with Gasteiger partial charge >= 0.3 is 5.97 Å². The highest BCUT2D eigenvalue weighted by Crippen LogP contribution is 2.40. The second-order valence-electron chi connectivity index (χ2n) is 9.03. The number of halogens is 2. The molecule has 1 aromatic heterocycles. The van der Waals surface area contributed by atoms with Crippen LogP contribution in [0.5, 0.6) is 5.75 Å². The van der Waals surface area contributed by atoms with E-state index in [0.717, 1.165) is 49.2 Å². The lowest BCUT2D eigenvalue weighted by molar-refractivity contribution is 0.0691. The first-order valence-electron chi connectivity index (χ1n) is 11.4. The van der Waals surface area contributed by atoms with E-state index in [9.17, 15) is 17.6 Å². The Labute approximate surface area is 212 Å². The molecular formula is C25H26F2N2O5S2. The molecule has 7 nitrogen and oxygen atoms in total. The first kappa shape index (κ1) is 26.0. The Balaban J connectivity index is 1.61. The molecule has 0 bridgehead atoms. The number of hydrogen-bond donors (Lipinski definition) is 2. The highest BCUT2D eigenvalue weighted by molar-refractivity contribution is 7.92. The molecule has 2 aromatic carbocycles. The maximum Gasteiger partial charge on any atom is 0.338 e. The average molecular weight is 537 g/mol. The number of anilines is 1. The van der Waals surface area contributed by atoms with Gasteiger partial charge in [0.05, 0.1) is 18.4 Å². The summed E-state index contributed by atoms with van der Waals surface area (Å²) in [4.78, 5) is 15.3. The molecule has 0 unspecified atom stereocenters. The number of hydrogen-bond acceptors (Lipinski definition) is 6. The van der Waals surface area contributed by atoms with Crippen molar-refractivity contribution in [1.29, 1.82) is 0 Å². The fourth-order valence-corrected chi connectivity index (χ4v) is 6.73. The number of methoxy groups -OCH3 is 1. The molecule has 0 saturated heterocycles. The number of sulfonamides is 1. The minimum atomic E-state index is -4.28. The van der Waals surface area contributed by atoms with E-state index < -0.39 is 27.4 Å². The molecule has 0 atom stereocenters. The van der Waals surface area contributed by atoms with Crippen LogP contribution in [0.25, 0.3) is 10.6 Å². The predicted molar refractivity (Wildman–Crippen MR) is 133 cm³/mol. The lowest BCUT2D eigenvalue weighted by Gasteiger charge is -2.27. The van der Waals surface area contributed by atoms with E-state index in [1.165, 1.54) is 12.5 Å². The van der Waals surface area contributed by atoms with Crippen LogP contribution in [0.4, 0.5) is 14.5 Å². The van der Waals surface area contributed by atoms with Crippen molar-refractivity contribution in [2.45, 2.75) is 50.5 Å². The van der Waals surface area contributed by atoms with Crippen LogP contribution in [0.2, 0.25) is 0 Å². The van der Waals surface area contributed by atoms with Crippen LogP contribution in [0.1, 0.15) is 60.0 Å². The summed E-state index contributed by atoms with van der Waals surface area (Å²) in [7, 11) is -3.07. The van der Waals surface area contributed by atoms with Crippen LogP contribution in [0, 0.1) is 24.5 Å². The summed E-state index contributed by atoms with van der Waals surface area (Å²) in [6.07, 6.45) is 4.03. The van der Waals surface area contributed by atoms with Crippen LogP contribution in [0.15, 0.2) is 34.7 Å². The average Bonchev–Trinajstić information content (AvgIpc) is 3.32. The van der Waals surface area contributed by atoms with Gasteiger partial charge < -0.3 is 9.84 Å². The van der Waals surface area contributed by atoms with E-state index >= 15 is 4.39 Å². The number of thiazole rings is 1. The van der Waals surface area contributed by atoms with Crippen molar-refractivity contribution in [2.75, 3.05) is 11.8 Å². The maximum atomic E-state index is 15.3. The molecule has 1 aliphatic carbocycles. The van der Waals surface area contributed by atoms with Crippen molar-refractivity contribution in [3.8, 4) is 16.3 Å². The van der Waals surface area contributed by atoms with E-state index in [1.54, 1.807) is 19.1 Å². The number of aromatic carboxylic acids is 1. The molecule has 0 radical (unpaired) electrons. The summed E-state index contributed by atoms with van der Waals surface area (Å²) < 4.78 is 62.6. The molecule has 1 fully saturated rings. The number of nitrogens with one attached hydrogen (secondary N) is 1. The number of nitrogens with zero attached hydrogens (tertiary/aromatic N) is 1. The van der Waals surface area contributed by atoms with E-state index in [0.29, 0.717) is 27.6 Å². The van der Waals surface area contributed by atoms with E-state index in [-0.39, 0.29) is 28.2 Å². The number of carboxylic acid groups (broad SMARTS) is 1. The van der Waals surface area contributed by atoms with Gasteiger partial charge in [0.1, 0.15) is 22.4 Å². The third kappa shape index (κ3) is 5.08. The lowest BCUT2D eigenvalue weighted by Crippen LogP contribution is -2.15. The molecule has 36 heavy (non-hydrogen) atoms. The van der Waals surface area contributed by atoms with Gasteiger partial charge in [-0.3, -0.25) is 4.72 Å². The summed E-state index contributed by atoms with van der Waals surface area (Å²) in [6, 6.07) is 5.17. The normalized spacial score (nSPS) is 18.1. The predicted octanol–water partition coefficient (Wildman–Crippen LogP) is 6.20. The molecule has 3 aromatic rings. The Bertz CT molecular complexity index is 1410. The third-order valence-electron chi connectivity index (χ3n) is 6.62. The summed E-state index contributed by atoms with van der Waals surface area (Å²) in [5, 5.41) is 10.4. The van der Waals surface area contributed by atoms with Gasteiger partial charge in [0.2, 0.25) is 0 Å². The van der Waals surface area contributed by atoms with E-state index in [4.69, 9.17) is 9.84 Å². The summed E-state index contributed by atoms with van der Waals surface area (Å²) in [5.74, 6) is -2.27. The molecule has 0 spiro atoms. The number of carboxylic acids is 1. The maximum absolute atomic E-state index is 15.3. The van der Waals surface area contributed by atoms with Crippen molar-refractivity contribution in [1.82, 2.24) is 4.98 Å². The van der Waals surface area contributed by atoms with Crippen LogP contribution >= 0.6 is 11.3 Å². The van der Waals surface area contributed by atoms with E-state index in [1.807, 2.05) is 0 Å². The Hall–Kier alpha value is -3.05. The van der Waals surface area contributed by atoms with Crippen molar-refractivity contribution in [2.24, 2.45) is 5.92 Å². The number of rotatable bonds is 7. The largest absolute Gasteiger partial charge is 0.495 e. The minimum absolute atomic E-state index is 0.168. The molecule has 4 rings (SSSR count). The minimum Gasteiger partial charge on any atom is -0.495 e. The fraction of sp³-hybridized carbons (Fsp3) is 0.360. The number of ether oxygens (including phenoxy) is 1. The van der Waals surface area contributed by atoms with Crippen LogP contribution in [0.3, 0.4) is 0 Å². The number of benzene rings is 2. The topological polar surface area (TPSA) is 106 Å². The van der Waals surface area contributed by atoms with Crippen LogP contribution in [-0.4, -0.2) is 31.6 Å². The third-order valence-corrected chi connectivity index (χ3v) is 8.90. The van der Waals surface area contributed by atoms with Crippen molar-refractivity contribution < 1.29 is 31.8 Å². The van der Waals surface area contributed by atoms with Gasteiger partial charge in [0.25, 0.3) is 10.0 Å². The molecule has 192 valence electrons. The summed E-state index contributed by atoms with van der Waals surface area (Å²) >= 11 is 1.04. The van der Waals surface area contributed by atoms with Crippen LogP contribution < -0.4 is 9.46 Å². The van der Waals surface area contributed by atoms with Gasteiger partial charge in [0.15, 0.2) is 5.03 Å². The summed E-state index contributed by atoms with van der Waals surface area (Å²) in [6.45, 7) is 3.87. The Morgan fingerprint density at radius 1 is 1.19 bits per heavy atom. The molecule has 0 aliphatic heterocycles. The van der Waals surface area contributed by atoms with Gasteiger partial charge in [-0.2, -0.15) is 8.42 Å². The Kier molecular flexibility index (Phi) is 7.33. The molecule has 1 saturated carbocycles. The molecule has 11 heteroatoms. The second-order valence-corrected chi connectivity index (χ2v) is 11.5. The highest BCUT2D eigenvalue weighted by atomic mass is 32.2. The van der Waals surface area contributed by atoms with Gasteiger partial charge in [-0.15, -0.1) is 11.3 Å². The smallest absolute Gasteiger partial charge is 0.338 e. The molecule has 2 N–H and O–H groups in total. The van der Waals surface area contributed by atoms with Crippen molar-refractivity contribution >= 4 is 33.0 Å². The van der Waals surface area contributed by atoms with Crippen LogP contribution in [-0.2, 0) is 10.0 Å². The molecule has 1 heterocycles. The Morgan fingerprint density at radius 2 is 1.89 bits per heavy atom. The first-order chi connectivity index (χ1) is 17.0. The highest BCUT2D eigenvalue weighted by Gasteiger charge is 2.26. The van der Waals surface area contributed by atoms with Gasteiger partial charge in [0, 0.05) is 17.0 Å². The fourth-order valence-electron chi connectivity index (χ4n) is 4.49. The zero-order chi connectivity index (χ0) is 26.2. The number of aromatic nitrogens is 1.